The first-order valence-electron chi connectivity index (χ1n) is 6.85. The number of nitrogens with zero attached hydrogens (tertiary/aromatic N) is 2. The molecule has 1 aliphatic heterocycles. The van der Waals surface area contributed by atoms with Gasteiger partial charge in [0.15, 0.2) is 5.13 Å². The largest absolute Gasteiger partial charge is 0.346 e. The minimum absolute atomic E-state index is 0.163. The molecule has 0 spiro atoms. The third-order valence-electron chi connectivity index (χ3n) is 3.60. The summed E-state index contributed by atoms with van der Waals surface area (Å²) >= 11 is 1.72. The van der Waals surface area contributed by atoms with Gasteiger partial charge in [-0.1, -0.05) is 0 Å². The van der Waals surface area contributed by atoms with Gasteiger partial charge in [-0.05, 0) is 37.6 Å². The first-order valence-corrected chi connectivity index (χ1v) is 7.66. The van der Waals surface area contributed by atoms with Crippen LogP contribution in [-0.2, 0) is 0 Å². The van der Waals surface area contributed by atoms with Gasteiger partial charge in [0, 0.05) is 36.6 Å². The Morgan fingerprint density at radius 2 is 2.00 bits per heavy atom. The zero-order valence-corrected chi connectivity index (χ0v) is 12.6. The molecule has 1 aliphatic rings. The van der Waals surface area contributed by atoms with Gasteiger partial charge in [0.1, 0.15) is 5.82 Å². The lowest BCUT2D eigenvalue weighted by Crippen LogP contribution is -2.43. The molecule has 106 valence electrons. The molecule has 0 saturated carbocycles. The number of anilines is 1. The Morgan fingerprint density at radius 1 is 1.25 bits per heavy atom. The number of benzene rings is 1. The molecule has 3 rings (SSSR count). The molecule has 0 radical (unpaired) electrons. The topological polar surface area (TPSA) is 28.2 Å². The number of rotatable bonds is 2. The minimum atomic E-state index is -0.163. The molecule has 1 fully saturated rings. The molecule has 2 heterocycles. The predicted octanol–water partition coefficient (Wildman–Crippen LogP) is 2.98. The smallest absolute Gasteiger partial charge is 0.186 e. The van der Waals surface area contributed by atoms with Crippen LogP contribution < -0.4 is 10.2 Å². The van der Waals surface area contributed by atoms with Gasteiger partial charge >= 0.3 is 0 Å². The number of hydrogen-bond acceptors (Lipinski definition) is 4. The molecular weight excluding hydrogens is 273 g/mol. The Hall–Kier alpha value is -1.46. The Bertz CT molecular complexity index is 618. The molecule has 3 nitrogen and oxygen atoms in total. The van der Waals surface area contributed by atoms with Crippen molar-refractivity contribution in [2.45, 2.75) is 13.8 Å². The minimum Gasteiger partial charge on any atom is -0.346 e. The van der Waals surface area contributed by atoms with E-state index in [2.05, 4.69) is 17.1 Å². The Kier molecular flexibility index (Phi) is 3.72. The maximum absolute atomic E-state index is 13.4. The normalized spacial score (nSPS) is 15.7. The second kappa shape index (κ2) is 5.50. The van der Waals surface area contributed by atoms with Crippen molar-refractivity contribution in [1.29, 1.82) is 0 Å². The Labute approximate surface area is 122 Å². The van der Waals surface area contributed by atoms with E-state index in [4.69, 9.17) is 4.98 Å². The van der Waals surface area contributed by atoms with Crippen LogP contribution in [0.15, 0.2) is 18.2 Å². The van der Waals surface area contributed by atoms with E-state index in [1.165, 1.54) is 10.9 Å². The second-order valence-corrected chi connectivity index (χ2v) is 6.28. The number of halogens is 1. The van der Waals surface area contributed by atoms with Crippen LogP contribution >= 0.6 is 11.3 Å². The molecule has 0 bridgehead atoms. The summed E-state index contributed by atoms with van der Waals surface area (Å²) in [6.45, 7) is 7.87. The van der Waals surface area contributed by atoms with E-state index < -0.39 is 0 Å². The lowest BCUT2D eigenvalue weighted by atomic mass is 10.1. The van der Waals surface area contributed by atoms with Crippen LogP contribution in [0.4, 0.5) is 9.52 Å². The van der Waals surface area contributed by atoms with Gasteiger partial charge in [0.05, 0.1) is 5.69 Å². The van der Waals surface area contributed by atoms with Crippen molar-refractivity contribution in [3.63, 3.8) is 0 Å². The predicted molar refractivity (Wildman–Crippen MR) is 82.1 cm³/mol. The SMILES string of the molecule is Cc1cc(-c2nc(N3CCNCC3)sc2C)ccc1F. The van der Waals surface area contributed by atoms with E-state index in [1.54, 1.807) is 18.3 Å². The monoisotopic (exact) mass is 291 g/mol. The van der Waals surface area contributed by atoms with Crippen LogP contribution in [0.25, 0.3) is 11.3 Å². The van der Waals surface area contributed by atoms with Crippen molar-refractivity contribution >= 4 is 16.5 Å². The third-order valence-corrected chi connectivity index (χ3v) is 4.64. The summed E-state index contributed by atoms with van der Waals surface area (Å²) in [6, 6.07) is 5.21. The van der Waals surface area contributed by atoms with Crippen LogP contribution in [0, 0.1) is 19.7 Å². The molecule has 0 aliphatic carbocycles. The summed E-state index contributed by atoms with van der Waals surface area (Å²) in [5.41, 5.74) is 2.64. The summed E-state index contributed by atoms with van der Waals surface area (Å²) < 4.78 is 13.4. The molecule has 20 heavy (non-hydrogen) atoms. The number of thiazole rings is 1. The van der Waals surface area contributed by atoms with Crippen molar-refractivity contribution in [2.24, 2.45) is 0 Å². The summed E-state index contributed by atoms with van der Waals surface area (Å²) in [7, 11) is 0. The molecule has 1 N–H and O–H groups in total. The van der Waals surface area contributed by atoms with Gasteiger partial charge < -0.3 is 10.2 Å². The summed E-state index contributed by atoms with van der Waals surface area (Å²) in [5.74, 6) is -0.163. The van der Waals surface area contributed by atoms with Crippen LogP contribution in [-0.4, -0.2) is 31.2 Å². The van der Waals surface area contributed by atoms with Crippen molar-refractivity contribution in [3.05, 3.63) is 34.5 Å². The highest BCUT2D eigenvalue weighted by Crippen LogP contribution is 2.33. The zero-order chi connectivity index (χ0) is 14.1. The Balaban J connectivity index is 1.93. The molecule has 1 saturated heterocycles. The zero-order valence-electron chi connectivity index (χ0n) is 11.7. The summed E-state index contributed by atoms with van der Waals surface area (Å²) in [4.78, 5) is 8.27. The van der Waals surface area contributed by atoms with E-state index in [9.17, 15) is 4.39 Å². The molecular formula is C15H18FN3S. The molecule has 1 aromatic heterocycles. The number of hydrogen-bond donors (Lipinski definition) is 1. The highest BCUT2D eigenvalue weighted by molar-refractivity contribution is 7.16. The van der Waals surface area contributed by atoms with Crippen LogP contribution in [0.5, 0.6) is 0 Å². The van der Waals surface area contributed by atoms with Gasteiger partial charge in [-0.2, -0.15) is 0 Å². The van der Waals surface area contributed by atoms with E-state index in [1.807, 2.05) is 12.1 Å². The standard InChI is InChI=1S/C15H18FN3S/c1-10-9-12(3-4-13(10)16)14-11(2)20-15(18-14)19-7-5-17-6-8-19/h3-4,9,17H,5-8H2,1-2H3. The Morgan fingerprint density at radius 3 is 2.70 bits per heavy atom. The molecule has 0 unspecified atom stereocenters. The van der Waals surface area contributed by atoms with Gasteiger partial charge in [-0.3, -0.25) is 0 Å². The molecule has 0 amide bonds. The van der Waals surface area contributed by atoms with Crippen LogP contribution in [0.3, 0.4) is 0 Å². The lowest BCUT2D eigenvalue weighted by molar-refractivity contribution is 0.588. The fourth-order valence-electron chi connectivity index (χ4n) is 2.43. The van der Waals surface area contributed by atoms with Gasteiger partial charge in [-0.15, -0.1) is 11.3 Å². The van der Waals surface area contributed by atoms with Crippen molar-refractivity contribution in [3.8, 4) is 11.3 Å². The molecule has 5 heteroatoms. The van der Waals surface area contributed by atoms with Crippen molar-refractivity contribution in [2.75, 3.05) is 31.1 Å². The highest BCUT2D eigenvalue weighted by atomic mass is 32.1. The van der Waals surface area contributed by atoms with Crippen molar-refractivity contribution in [1.82, 2.24) is 10.3 Å². The van der Waals surface area contributed by atoms with E-state index >= 15 is 0 Å². The van der Waals surface area contributed by atoms with Crippen LogP contribution in [0.2, 0.25) is 0 Å². The maximum Gasteiger partial charge on any atom is 0.186 e. The second-order valence-electron chi connectivity index (χ2n) is 5.10. The number of nitrogens with one attached hydrogen (secondary N) is 1. The van der Waals surface area contributed by atoms with Crippen LogP contribution in [0.1, 0.15) is 10.4 Å². The van der Waals surface area contributed by atoms with Gasteiger partial charge in [0.2, 0.25) is 0 Å². The van der Waals surface area contributed by atoms with E-state index in [-0.39, 0.29) is 5.82 Å². The quantitative estimate of drug-likeness (QED) is 0.922. The number of aryl methyl sites for hydroxylation is 2. The third kappa shape index (κ3) is 2.55. The lowest BCUT2D eigenvalue weighted by Gasteiger charge is -2.26. The van der Waals surface area contributed by atoms with E-state index in [0.29, 0.717) is 5.56 Å². The summed E-state index contributed by atoms with van der Waals surface area (Å²) in [5, 5.41) is 4.42. The fourth-order valence-corrected chi connectivity index (χ4v) is 3.42. The fraction of sp³-hybridized carbons (Fsp3) is 0.400. The average molecular weight is 291 g/mol. The highest BCUT2D eigenvalue weighted by Gasteiger charge is 2.17. The average Bonchev–Trinajstić information content (AvgIpc) is 2.85. The first-order chi connectivity index (χ1) is 9.65. The molecule has 2 aromatic rings. The molecule has 0 atom stereocenters. The molecule has 1 aromatic carbocycles. The number of piperazine rings is 1. The van der Waals surface area contributed by atoms with Gasteiger partial charge in [-0.25, -0.2) is 9.37 Å². The maximum atomic E-state index is 13.4. The van der Waals surface area contributed by atoms with Gasteiger partial charge in [0.25, 0.3) is 0 Å². The summed E-state index contributed by atoms with van der Waals surface area (Å²) in [6.07, 6.45) is 0. The van der Waals surface area contributed by atoms with Crippen molar-refractivity contribution < 1.29 is 4.39 Å². The first kappa shape index (κ1) is 13.5. The number of aromatic nitrogens is 1. The van der Waals surface area contributed by atoms with E-state index in [0.717, 1.165) is 42.6 Å².